The Labute approximate surface area is 242 Å². The third-order valence-electron chi connectivity index (χ3n) is 8.42. The maximum Gasteiger partial charge on any atom is 0.254 e. The molecule has 1 aromatic carbocycles. The van der Waals surface area contributed by atoms with Crippen molar-refractivity contribution in [1.29, 1.82) is 0 Å². The molecule has 3 fully saturated rings. The lowest BCUT2D eigenvalue weighted by molar-refractivity contribution is -0.0277. The van der Waals surface area contributed by atoms with Gasteiger partial charge in [0.2, 0.25) is 0 Å². The lowest BCUT2D eigenvalue weighted by Crippen LogP contribution is -2.61. The van der Waals surface area contributed by atoms with Gasteiger partial charge in [0.25, 0.3) is 5.91 Å². The molecule has 0 bridgehead atoms. The van der Waals surface area contributed by atoms with Crippen LogP contribution in [0.5, 0.6) is 11.5 Å². The number of piperidine rings is 1. The highest BCUT2D eigenvalue weighted by atomic mass is 35.5. The van der Waals surface area contributed by atoms with Crippen LogP contribution in [0.3, 0.4) is 0 Å². The van der Waals surface area contributed by atoms with Crippen LogP contribution in [0.1, 0.15) is 56.8 Å². The number of hydrogen-bond acceptors (Lipinski definition) is 8. The van der Waals surface area contributed by atoms with Crippen LogP contribution < -0.4 is 15.4 Å². The number of rotatable bonds is 8. The molecule has 3 aliphatic rings. The average Bonchev–Trinajstić information content (AvgIpc) is 2.91. The molecule has 40 heavy (non-hydrogen) atoms. The summed E-state index contributed by atoms with van der Waals surface area (Å²) in [4.78, 5) is 27.8. The molecule has 0 saturated carbocycles. The molecule has 1 spiro atoms. The van der Waals surface area contributed by atoms with Crippen molar-refractivity contribution >= 4 is 24.1 Å². The molecule has 0 aliphatic carbocycles. The molecule has 0 radical (unpaired) electrons. The molecule has 3 aliphatic heterocycles. The van der Waals surface area contributed by atoms with Crippen LogP contribution >= 0.6 is 12.4 Å². The minimum Gasteiger partial charge on any atom is -0.449 e. The molecule has 5 rings (SSSR count). The highest BCUT2D eigenvalue weighted by Crippen LogP contribution is 2.45. The van der Waals surface area contributed by atoms with E-state index in [4.69, 9.17) is 15.2 Å². The third kappa shape index (κ3) is 6.67. The standard InChI is InChI=1S/C29H41FN6O3.ClH/c1-4-36(20(2)3)28(37)21-5-8-25(24(30)13-21)39-26-14-32-19-33-27(26)35-17-29(18-35)9-11-34(12-10-29)15-23-7-6-22(31)16-38-23;/h5,8,13-14,19-20,22-23H,4,6-7,9-12,15-18,31H2,1-3H3;1H/t22-,23+;/m1./s1. The Morgan fingerprint density at radius 1 is 1.25 bits per heavy atom. The number of benzene rings is 1. The molecular formula is C29H42ClFN6O3. The fraction of sp³-hybridized carbons (Fsp3) is 0.621. The van der Waals surface area contributed by atoms with Crippen molar-refractivity contribution < 1.29 is 18.7 Å². The Kier molecular flexibility index (Phi) is 9.87. The predicted octanol–water partition coefficient (Wildman–Crippen LogP) is 4.11. The number of nitrogens with two attached hydrogens (primary N) is 1. The van der Waals surface area contributed by atoms with Crippen molar-refractivity contribution in [2.45, 2.75) is 64.6 Å². The summed E-state index contributed by atoms with van der Waals surface area (Å²) in [5.41, 5.74) is 6.53. The normalized spacial score (nSPS) is 22.5. The van der Waals surface area contributed by atoms with Crippen molar-refractivity contribution in [3.05, 3.63) is 42.1 Å². The fourth-order valence-electron chi connectivity index (χ4n) is 6.06. The third-order valence-corrected chi connectivity index (χ3v) is 8.42. The summed E-state index contributed by atoms with van der Waals surface area (Å²) in [6.07, 6.45) is 7.71. The van der Waals surface area contributed by atoms with E-state index < -0.39 is 5.82 Å². The van der Waals surface area contributed by atoms with Crippen molar-refractivity contribution in [1.82, 2.24) is 19.8 Å². The number of aromatic nitrogens is 2. The van der Waals surface area contributed by atoms with Gasteiger partial charge in [-0.15, -0.1) is 12.4 Å². The number of nitrogens with zero attached hydrogens (tertiary/aromatic N) is 5. The number of carbonyl (C=O) groups excluding carboxylic acids is 1. The van der Waals surface area contributed by atoms with Crippen LogP contribution in [0.15, 0.2) is 30.7 Å². The van der Waals surface area contributed by atoms with Crippen molar-refractivity contribution in [3.8, 4) is 11.5 Å². The summed E-state index contributed by atoms with van der Waals surface area (Å²) in [7, 11) is 0. The largest absolute Gasteiger partial charge is 0.449 e. The Morgan fingerprint density at radius 2 is 2.00 bits per heavy atom. The van der Waals surface area contributed by atoms with E-state index in [2.05, 4.69) is 19.8 Å². The molecule has 2 N–H and O–H groups in total. The van der Waals surface area contributed by atoms with E-state index in [0.717, 1.165) is 58.4 Å². The van der Waals surface area contributed by atoms with E-state index >= 15 is 4.39 Å². The first kappa shape index (κ1) is 30.4. The molecule has 4 heterocycles. The Balaban J connectivity index is 0.00000370. The summed E-state index contributed by atoms with van der Waals surface area (Å²) in [5.74, 6) is 0.333. The summed E-state index contributed by atoms with van der Waals surface area (Å²) in [6.45, 7) is 11.9. The van der Waals surface area contributed by atoms with Crippen molar-refractivity contribution in [3.63, 3.8) is 0 Å². The lowest BCUT2D eigenvalue weighted by atomic mass is 9.72. The monoisotopic (exact) mass is 576 g/mol. The first-order valence-corrected chi connectivity index (χ1v) is 14.2. The predicted molar refractivity (Wildman–Crippen MR) is 155 cm³/mol. The smallest absolute Gasteiger partial charge is 0.254 e. The number of amides is 1. The molecular weight excluding hydrogens is 535 g/mol. The Hall–Kier alpha value is -2.53. The number of hydrogen-bond donors (Lipinski definition) is 1. The molecule has 9 nitrogen and oxygen atoms in total. The zero-order chi connectivity index (χ0) is 27.6. The molecule has 220 valence electrons. The minimum atomic E-state index is -0.591. The van der Waals surface area contributed by atoms with Gasteiger partial charge in [0.05, 0.1) is 18.9 Å². The van der Waals surface area contributed by atoms with Gasteiger partial charge in [-0.25, -0.2) is 14.4 Å². The molecule has 1 amide bonds. The van der Waals surface area contributed by atoms with Gasteiger partial charge in [-0.05, 0) is 77.7 Å². The van der Waals surface area contributed by atoms with Gasteiger partial charge < -0.3 is 29.9 Å². The maximum absolute atomic E-state index is 15.0. The van der Waals surface area contributed by atoms with Gasteiger partial charge in [0.15, 0.2) is 23.1 Å². The second-order valence-corrected chi connectivity index (χ2v) is 11.6. The van der Waals surface area contributed by atoms with E-state index in [1.54, 1.807) is 17.2 Å². The van der Waals surface area contributed by atoms with Crippen LogP contribution in [0, 0.1) is 11.2 Å². The zero-order valence-corrected chi connectivity index (χ0v) is 24.5. The van der Waals surface area contributed by atoms with Crippen LogP contribution in [-0.2, 0) is 4.74 Å². The number of halogens is 2. The average molecular weight is 577 g/mol. The quantitative estimate of drug-likeness (QED) is 0.501. The summed E-state index contributed by atoms with van der Waals surface area (Å²) < 4.78 is 26.9. The molecule has 2 aromatic rings. The van der Waals surface area contributed by atoms with Gasteiger partial charge in [-0.3, -0.25) is 4.79 Å². The molecule has 11 heteroatoms. The van der Waals surface area contributed by atoms with E-state index in [1.807, 2.05) is 20.8 Å². The number of ether oxygens (including phenoxy) is 2. The van der Waals surface area contributed by atoms with Gasteiger partial charge in [0.1, 0.15) is 6.33 Å². The summed E-state index contributed by atoms with van der Waals surface area (Å²) in [6, 6.07) is 4.57. The minimum absolute atomic E-state index is 0. The highest BCUT2D eigenvalue weighted by Gasteiger charge is 2.46. The first-order chi connectivity index (χ1) is 18.8. The Bertz CT molecular complexity index is 1150. The fourth-order valence-corrected chi connectivity index (χ4v) is 6.06. The van der Waals surface area contributed by atoms with Gasteiger partial charge >= 0.3 is 0 Å². The van der Waals surface area contributed by atoms with E-state index in [-0.39, 0.29) is 41.6 Å². The first-order valence-electron chi connectivity index (χ1n) is 14.2. The van der Waals surface area contributed by atoms with E-state index in [9.17, 15) is 4.79 Å². The van der Waals surface area contributed by atoms with Gasteiger partial charge in [-0.1, -0.05) is 0 Å². The van der Waals surface area contributed by atoms with Gasteiger partial charge in [-0.2, -0.15) is 0 Å². The summed E-state index contributed by atoms with van der Waals surface area (Å²) in [5, 5.41) is 0. The van der Waals surface area contributed by atoms with Crippen LogP contribution in [-0.4, -0.2) is 89.7 Å². The Morgan fingerprint density at radius 3 is 2.62 bits per heavy atom. The molecule has 3 saturated heterocycles. The van der Waals surface area contributed by atoms with Crippen molar-refractivity contribution in [2.24, 2.45) is 11.1 Å². The van der Waals surface area contributed by atoms with E-state index in [0.29, 0.717) is 36.4 Å². The number of carbonyl (C=O) groups is 1. The zero-order valence-electron chi connectivity index (χ0n) is 23.7. The van der Waals surface area contributed by atoms with Gasteiger partial charge in [0, 0.05) is 49.2 Å². The molecule has 0 unspecified atom stereocenters. The molecule has 2 atom stereocenters. The van der Waals surface area contributed by atoms with Crippen LogP contribution in [0.25, 0.3) is 0 Å². The maximum atomic E-state index is 15.0. The number of likely N-dealkylation sites (tertiary alicyclic amines) is 1. The van der Waals surface area contributed by atoms with Crippen molar-refractivity contribution in [2.75, 3.05) is 50.8 Å². The number of anilines is 1. The topological polar surface area (TPSA) is 97.1 Å². The lowest BCUT2D eigenvalue weighted by Gasteiger charge is -2.54. The SMILES string of the molecule is CCN(C(=O)c1ccc(Oc2cncnc2N2CC3(CCN(C[C@@H]4CC[C@@H](N)CO4)CC3)C2)c(F)c1)C(C)C.Cl. The second-order valence-electron chi connectivity index (χ2n) is 11.6. The van der Waals surface area contributed by atoms with Crippen LogP contribution in [0.4, 0.5) is 10.2 Å². The van der Waals surface area contributed by atoms with Crippen LogP contribution in [0.2, 0.25) is 0 Å². The molecule has 1 aromatic heterocycles. The second kappa shape index (κ2) is 13.0. The van der Waals surface area contributed by atoms with E-state index in [1.165, 1.54) is 18.5 Å². The highest BCUT2D eigenvalue weighted by molar-refractivity contribution is 5.94. The summed E-state index contributed by atoms with van der Waals surface area (Å²) >= 11 is 0.